The SMILES string of the molecule is O=C(NCc1cccnc1)C1CCN(C2NC(=O)C3SC=C(c4ccccc4F)C3N2)CC1. The molecule has 2 saturated heterocycles. The van der Waals surface area contributed by atoms with Gasteiger partial charge in [0.15, 0.2) is 0 Å². The Morgan fingerprint density at radius 2 is 2.03 bits per heavy atom. The van der Waals surface area contributed by atoms with Crippen molar-refractivity contribution in [3.05, 3.63) is 71.1 Å². The summed E-state index contributed by atoms with van der Waals surface area (Å²) in [5.41, 5.74) is 2.31. The molecule has 5 rings (SSSR count). The van der Waals surface area contributed by atoms with Crippen LogP contribution in [0.15, 0.2) is 54.2 Å². The van der Waals surface area contributed by atoms with Gasteiger partial charge in [-0.2, -0.15) is 0 Å². The molecule has 33 heavy (non-hydrogen) atoms. The highest BCUT2D eigenvalue weighted by Gasteiger charge is 2.44. The first-order chi connectivity index (χ1) is 16.1. The topological polar surface area (TPSA) is 86.4 Å². The third-order valence-corrected chi connectivity index (χ3v) is 7.66. The van der Waals surface area contributed by atoms with E-state index >= 15 is 0 Å². The lowest BCUT2D eigenvalue weighted by atomic mass is 9.94. The summed E-state index contributed by atoms with van der Waals surface area (Å²) < 4.78 is 14.4. The number of likely N-dealkylation sites (tertiary alicyclic amines) is 1. The third kappa shape index (κ3) is 4.66. The number of hydrogen-bond donors (Lipinski definition) is 3. The van der Waals surface area contributed by atoms with Crippen molar-refractivity contribution in [3.8, 4) is 0 Å². The van der Waals surface area contributed by atoms with Crippen LogP contribution in [0.1, 0.15) is 24.0 Å². The second kappa shape index (κ2) is 9.62. The van der Waals surface area contributed by atoms with Crippen molar-refractivity contribution in [2.75, 3.05) is 13.1 Å². The molecular formula is C24H26FN5O2S. The lowest BCUT2D eigenvalue weighted by Crippen LogP contribution is -2.68. The van der Waals surface area contributed by atoms with Crippen molar-refractivity contribution in [2.45, 2.75) is 37.0 Å². The molecule has 0 radical (unpaired) electrons. The van der Waals surface area contributed by atoms with Crippen molar-refractivity contribution in [1.29, 1.82) is 0 Å². The van der Waals surface area contributed by atoms with Gasteiger partial charge in [-0.1, -0.05) is 24.3 Å². The Labute approximate surface area is 196 Å². The molecule has 3 aliphatic rings. The van der Waals surface area contributed by atoms with Crippen LogP contribution in [-0.4, -0.2) is 52.4 Å². The Balaban J connectivity index is 1.18. The van der Waals surface area contributed by atoms with Gasteiger partial charge in [-0.3, -0.25) is 24.8 Å². The smallest absolute Gasteiger partial charge is 0.237 e. The van der Waals surface area contributed by atoms with E-state index in [2.05, 4.69) is 25.8 Å². The first-order valence-electron chi connectivity index (χ1n) is 11.2. The van der Waals surface area contributed by atoms with Crippen LogP contribution < -0.4 is 16.0 Å². The Morgan fingerprint density at radius 3 is 2.79 bits per heavy atom. The molecule has 4 heterocycles. The monoisotopic (exact) mass is 467 g/mol. The fourth-order valence-electron chi connectivity index (χ4n) is 4.66. The third-order valence-electron chi connectivity index (χ3n) is 6.49. The first kappa shape index (κ1) is 22.1. The normalized spacial score (nSPS) is 25.8. The number of pyridine rings is 1. The van der Waals surface area contributed by atoms with E-state index in [1.807, 2.05) is 23.6 Å². The standard InChI is InChI=1S/C24H26FN5O2S/c25-19-6-2-1-5-17(19)18-14-33-21-20(18)28-24(29-23(21)32)30-10-7-16(8-11-30)22(31)27-13-15-4-3-9-26-12-15/h1-6,9,12,14,16,20-21,24,28H,7-8,10-11,13H2,(H,27,31)(H,29,32). The number of nitrogens with one attached hydrogen (secondary N) is 3. The second-order valence-electron chi connectivity index (χ2n) is 8.55. The zero-order valence-electron chi connectivity index (χ0n) is 18.0. The predicted octanol–water partition coefficient (Wildman–Crippen LogP) is 2.08. The summed E-state index contributed by atoms with van der Waals surface area (Å²) >= 11 is 1.42. The van der Waals surface area contributed by atoms with Crippen molar-refractivity contribution >= 4 is 29.1 Å². The molecule has 0 saturated carbocycles. The molecule has 7 nitrogen and oxygen atoms in total. The van der Waals surface area contributed by atoms with E-state index in [1.165, 1.54) is 17.8 Å². The molecule has 9 heteroatoms. The van der Waals surface area contributed by atoms with Crippen LogP contribution in [0, 0.1) is 11.7 Å². The quantitative estimate of drug-likeness (QED) is 0.624. The molecule has 3 N–H and O–H groups in total. The highest BCUT2D eigenvalue weighted by molar-refractivity contribution is 8.04. The number of rotatable bonds is 5. The summed E-state index contributed by atoms with van der Waals surface area (Å²) in [6.07, 6.45) is 4.55. The molecule has 3 unspecified atom stereocenters. The number of amides is 2. The minimum absolute atomic E-state index is 0.0484. The molecule has 3 aliphatic heterocycles. The molecule has 0 bridgehead atoms. The molecular weight excluding hydrogens is 441 g/mol. The number of halogens is 1. The molecule has 0 spiro atoms. The summed E-state index contributed by atoms with van der Waals surface area (Å²) in [4.78, 5) is 31.6. The number of hydrogen-bond acceptors (Lipinski definition) is 6. The van der Waals surface area contributed by atoms with E-state index < -0.39 is 0 Å². The van der Waals surface area contributed by atoms with Gasteiger partial charge < -0.3 is 10.6 Å². The van der Waals surface area contributed by atoms with E-state index in [-0.39, 0.29) is 41.1 Å². The van der Waals surface area contributed by atoms with E-state index in [9.17, 15) is 14.0 Å². The highest BCUT2D eigenvalue weighted by atomic mass is 32.2. The number of thioether (sulfide) groups is 1. The van der Waals surface area contributed by atoms with Gasteiger partial charge >= 0.3 is 0 Å². The summed E-state index contributed by atoms with van der Waals surface area (Å²) in [6.45, 7) is 1.84. The van der Waals surface area contributed by atoms with Crippen molar-refractivity contribution < 1.29 is 14.0 Å². The molecule has 2 amide bonds. The summed E-state index contributed by atoms with van der Waals surface area (Å²) in [6, 6.07) is 10.2. The molecule has 1 aromatic carbocycles. The maximum Gasteiger partial charge on any atom is 0.237 e. The molecule has 1 aromatic heterocycles. The molecule has 3 atom stereocenters. The zero-order valence-corrected chi connectivity index (χ0v) is 18.9. The van der Waals surface area contributed by atoms with E-state index in [0.717, 1.165) is 11.1 Å². The van der Waals surface area contributed by atoms with Crippen LogP contribution >= 0.6 is 11.8 Å². The Kier molecular flexibility index (Phi) is 6.43. The number of carbonyl (C=O) groups is 2. The lowest BCUT2D eigenvalue weighted by Gasteiger charge is -2.43. The number of benzene rings is 1. The van der Waals surface area contributed by atoms with Gasteiger partial charge in [0, 0.05) is 43.5 Å². The molecule has 2 fully saturated rings. The van der Waals surface area contributed by atoms with E-state index in [0.29, 0.717) is 38.0 Å². The van der Waals surface area contributed by atoms with Crippen LogP contribution in [0.5, 0.6) is 0 Å². The zero-order chi connectivity index (χ0) is 22.8. The summed E-state index contributed by atoms with van der Waals surface area (Å²) in [5.74, 6) is -0.336. The van der Waals surface area contributed by atoms with E-state index in [4.69, 9.17) is 0 Å². The number of piperidine rings is 1. The average molecular weight is 468 g/mol. The number of carbonyl (C=O) groups excluding carboxylic acids is 2. The van der Waals surface area contributed by atoms with Gasteiger partial charge in [-0.05, 0) is 41.5 Å². The van der Waals surface area contributed by atoms with Crippen LogP contribution in [0.4, 0.5) is 4.39 Å². The van der Waals surface area contributed by atoms with Gasteiger partial charge in [0.25, 0.3) is 0 Å². The van der Waals surface area contributed by atoms with Crippen LogP contribution in [0.25, 0.3) is 5.57 Å². The van der Waals surface area contributed by atoms with Crippen LogP contribution in [0.2, 0.25) is 0 Å². The van der Waals surface area contributed by atoms with Gasteiger partial charge in [0.05, 0.1) is 6.04 Å². The fourth-order valence-corrected chi connectivity index (χ4v) is 5.80. The second-order valence-corrected chi connectivity index (χ2v) is 9.57. The van der Waals surface area contributed by atoms with Gasteiger partial charge in [-0.25, -0.2) is 4.39 Å². The molecule has 0 aliphatic carbocycles. The number of nitrogens with zero attached hydrogens (tertiary/aromatic N) is 2. The van der Waals surface area contributed by atoms with E-state index in [1.54, 1.807) is 24.5 Å². The largest absolute Gasteiger partial charge is 0.352 e. The number of fused-ring (bicyclic) bond motifs is 1. The Bertz CT molecular complexity index is 1060. The average Bonchev–Trinajstić information content (AvgIpc) is 3.28. The van der Waals surface area contributed by atoms with Crippen LogP contribution in [-0.2, 0) is 16.1 Å². The fraction of sp³-hybridized carbons (Fsp3) is 0.375. The summed E-state index contributed by atoms with van der Waals surface area (Å²) in [5, 5.41) is 11.1. The molecule has 2 aromatic rings. The number of aromatic nitrogens is 1. The minimum atomic E-state index is -0.341. The van der Waals surface area contributed by atoms with Crippen molar-refractivity contribution in [1.82, 2.24) is 25.8 Å². The Hall–Kier alpha value is -2.75. The summed E-state index contributed by atoms with van der Waals surface area (Å²) in [7, 11) is 0. The maximum atomic E-state index is 14.4. The van der Waals surface area contributed by atoms with Crippen LogP contribution in [0.3, 0.4) is 0 Å². The Morgan fingerprint density at radius 1 is 1.21 bits per heavy atom. The van der Waals surface area contributed by atoms with Crippen molar-refractivity contribution in [3.63, 3.8) is 0 Å². The highest BCUT2D eigenvalue weighted by Crippen LogP contribution is 2.39. The maximum absolute atomic E-state index is 14.4. The predicted molar refractivity (Wildman–Crippen MR) is 125 cm³/mol. The first-order valence-corrected chi connectivity index (χ1v) is 12.1. The molecule has 172 valence electrons. The van der Waals surface area contributed by atoms with Crippen molar-refractivity contribution in [2.24, 2.45) is 5.92 Å². The lowest BCUT2D eigenvalue weighted by molar-refractivity contribution is -0.129. The van der Waals surface area contributed by atoms with Gasteiger partial charge in [0.1, 0.15) is 17.4 Å². The van der Waals surface area contributed by atoms with Gasteiger partial charge in [0.2, 0.25) is 11.8 Å². The van der Waals surface area contributed by atoms with Gasteiger partial charge in [-0.15, -0.1) is 11.8 Å². The minimum Gasteiger partial charge on any atom is -0.352 e.